The lowest BCUT2D eigenvalue weighted by atomic mass is 9.72. The van der Waals surface area contributed by atoms with Gasteiger partial charge in [0, 0.05) is 22.7 Å². The van der Waals surface area contributed by atoms with Crippen molar-refractivity contribution in [3.8, 4) is 11.8 Å². The number of nitro groups is 2. The fourth-order valence-corrected chi connectivity index (χ4v) is 4.84. The molecule has 1 heterocycles. The van der Waals surface area contributed by atoms with Crippen LogP contribution in [0.2, 0.25) is 0 Å². The zero-order chi connectivity index (χ0) is 22.2. The molecule has 0 amide bonds. The maximum absolute atomic E-state index is 11.1. The van der Waals surface area contributed by atoms with Crippen molar-refractivity contribution in [2.45, 2.75) is 40.0 Å². The Morgan fingerprint density at radius 2 is 2.00 bits per heavy atom. The summed E-state index contributed by atoms with van der Waals surface area (Å²) in [4.78, 5) is 25.9. The minimum absolute atomic E-state index is 0.144. The zero-order valence-electron chi connectivity index (χ0n) is 16.7. The first-order valence-electron chi connectivity index (χ1n) is 9.27. The maximum Gasteiger partial charge on any atom is 0.318 e. The first-order chi connectivity index (χ1) is 14.0. The third kappa shape index (κ3) is 4.02. The summed E-state index contributed by atoms with van der Waals surface area (Å²) >= 11 is 1.38. The minimum atomic E-state index is -0.892. The van der Waals surface area contributed by atoms with Crippen LogP contribution in [0.1, 0.15) is 48.8 Å². The van der Waals surface area contributed by atoms with E-state index in [4.69, 9.17) is 0 Å². The van der Waals surface area contributed by atoms with Crippen molar-refractivity contribution in [1.29, 1.82) is 5.26 Å². The largest absolute Gasteiger partial charge is 0.502 e. The van der Waals surface area contributed by atoms with Gasteiger partial charge in [-0.3, -0.25) is 20.2 Å². The predicted octanol–water partition coefficient (Wildman–Crippen LogP) is 5.04. The Bertz CT molecular complexity index is 1110. The summed E-state index contributed by atoms with van der Waals surface area (Å²) in [7, 11) is 0. The van der Waals surface area contributed by atoms with Crippen molar-refractivity contribution in [3.05, 3.63) is 53.9 Å². The smallest absolute Gasteiger partial charge is 0.318 e. The molecular formula is C20H20N4O5S. The second-order valence-corrected chi connectivity index (χ2v) is 9.36. The molecule has 1 atom stereocenters. The Labute approximate surface area is 176 Å². The number of nitrogens with zero attached hydrogens (tertiary/aromatic N) is 4. The molecule has 0 bridgehead atoms. The van der Waals surface area contributed by atoms with Gasteiger partial charge in [0.25, 0.3) is 5.69 Å². The van der Waals surface area contributed by atoms with Crippen molar-refractivity contribution >= 4 is 33.9 Å². The topological polar surface area (TPSA) is 143 Å². The van der Waals surface area contributed by atoms with Crippen molar-refractivity contribution in [3.63, 3.8) is 0 Å². The van der Waals surface area contributed by atoms with Gasteiger partial charge in [0.15, 0.2) is 0 Å². The monoisotopic (exact) mass is 428 g/mol. The molecule has 0 saturated carbocycles. The van der Waals surface area contributed by atoms with Crippen LogP contribution in [0, 0.1) is 42.9 Å². The molecule has 0 aliphatic heterocycles. The summed E-state index contributed by atoms with van der Waals surface area (Å²) in [5.74, 6) is -0.225. The number of phenolic OH excluding ortho intramolecular Hbond substituents is 1. The van der Waals surface area contributed by atoms with Crippen LogP contribution in [0.4, 0.5) is 16.4 Å². The van der Waals surface area contributed by atoms with E-state index >= 15 is 0 Å². The van der Waals surface area contributed by atoms with Crippen molar-refractivity contribution in [2.24, 2.45) is 16.3 Å². The van der Waals surface area contributed by atoms with Gasteiger partial charge in [0.1, 0.15) is 11.1 Å². The average molecular weight is 428 g/mol. The lowest BCUT2D eigenvalue weighted by molar-refractivity contribution is -0.394. The highest BCUT2D eigenvalue weighted by Crippen LogP contribution is 2.45. The standard InChI is InChI=1S/C20H20N4O5S/c1-20(2,3)12-4-5-14-15(9-21)19(30-17(14)7-12)22-10-11-6-13(23(26)27)8-16(18(11)25)24(28)29/h6,8,10,12,25H,4-5,7H2,1-3H3/t12-/m1/s1. The number of aromatic hydroxyl groups is 1. The predicted molar refractivity (Wildman–Crippen MR) is 113 cm³/mol. The van der Waals surface area contributed by atoms with E-state index in [2.05, 4.69) is 31.8 Å². The highest BCUT2D eigenvalue weighted by Gasteiger charge is 2.32. The number of nitro benzene ring substituents is 2. The van der Waals surface area contributed by atoms with Crippen LogP contribution in [-0.4, -0.2) is 21.2 Å². The van der Waals surface area contributed by atoms with Crippen molar-refractivity contribution in [1.82, 2.24) is 0 Å². The quantitative estimate of drug-likeness (QED) is 0.410. The number of nitriles is 1. The summed E-state index contributed by atoms with van der Waals surface area (Å²) in [6.07, 6.45) is 3.73. The first kappa shape index (κ1) is 21.4. The van der Waals surface area contributed by atoms with E-state index < -0.39 is 27.0 Å². The van der Waals surface area contributed by atoms with Gasteiger partial charge >= 0.3 is 5.69 Å². The highest BCUT2D eigenvalue weighted by atomic mass is 32.1. The van der Waals surface area contributed by atoms with Crippen LogP contribution in [0.15, 0.2) is 17.1 Å². The molecule has 0 saturated heterocycles. The minimum Gasteiger partial charge on any atom is -0.502 e. The molecule has 0 radical (unpaired) electrons. The van der Waals surface area contributed by atoms with E-state index in [1.54, 1.807) is 0 Å². The van der Waals surface area contributed by atoms with Crippen LogP contribution < -0.4 is 0 Å². The SMILES string of the molecule is CC(C)(C)[C@@H]1CCc2c(sc(N=Cc3cc([N+](=O)[O-])cc([N+](=O)[O-])c3O)c2C#N)C1. The fraction of sp³-hybridized carbons (Fsp3) is 0.400. The van der Waals surface area contributed by atoms with Crippen LogP contribution in [0.25, 0.3) is 0 Å². The number of hydrogen-bond donors (Lipinski definition) is 1. The molecule has 2 aromatic rings. The Hall–Kier alpha value is -3.32. The summed E-state index contributed by atoms with van der Waals surface area (Å²) in [5.41, 5.74) is 0.122. The molecule has 1 aliphatic carbocycles. The number of rotatable bonds is 4. The summed E-state index contributed by atoms with van der Waals surface area (Å²) in [6.45, 7) is 6.58. The molecule has 156 valence electrons. The Balaban J connectivity index is 2.02. The molecular weight excluding hydrogens is 408 g/mol. The van der Waals surface area contributed by atoms with E-state index in [1.807, 2.05) is 0 Å². The first-order valence-corrected chi connectivity index (χ1v) is 10.1. The zero-order valence-corrected chi connectivity index (χ0v) is 17.5. The van der Waals surface area contributed by atoms with Crippen molar-refractivity contribution < 1.29 is 15.0 Å². The molecule has 1 N–H and O–H groups in total. The lowest BCUT2D eigenvalue weighted by Crippen LogP contribution is -2.26. The van der Waals surface area contributed by atoms with Crippen LogP contribution in [0.3, 0.4) is 0 Å². The molecule has 1 aromatic heterocycles. The molecule has 3 rings (SSSR count). The maximum atomic E-state index is 11.1. The molecule has 0 spiro atoms. The molecule has 9 nitrogen and oxygen atoms in total. The van der Waals surface area contributed by atoms with Gasteiger partial charge in [-0.1, -0.05) is 20.8 Å². The number of non-ortho nitro benzene ring substituents is 1. The molecule has 1 aromatic carbocycles. The van der Waals surface area contributed by atoms with Gasteiger partial charge in [0.05, 0.1) is 21.5 Å². The van der Waals surface area contributed by atoms with Crippen LogP contribution in [0.5, 0.6) is 5.75 Å². The molecule has 0 fully saturated rings. The Morgan fingerprint density at radius 1 is 1.30 bits per heavy atom. The Kier molecular flexibility index (Phi) is 5.59. The third-order valence-corrected chi connectivity index (χ3v) is 6.58. The normalized spacial score (nSPS) is 16.3. The second-order valence-electron chi connectivity index (χ2n) is 8.28. The van der Waals surface area contributed by atoms with Gasteiger partial charge in [-0.15, -0.1) is 11.3 Å². The molecule has 30 heavy (non-hydrogen) atoms. The van der Waals surface area contributed by atoms with Crippen molar-refractivity contribution in [2.75, 3.05) is 0 Å². The van der Waals surface area contributed by atoms with Gasteiger partial charge in [0.2, 0.25) is 5.75 Å². The lowest BCUT2D eigenvalue weighted by Gasteiger charge is -2.33. The summed E-state index contributed by atoms with van der Waals surface area (Å²) in [5, 5.41) is 42.4. The van der Waals surface area contributed by atoms with Crippen LogP contribution >= 0.6 is 11.3 Å². The van der Waals surface area contributed by atoms with E-state index in [-0.39, 0.29) is 11.0 Å². The van der Waals surface area contributed by atoms with Crippen LogP contribution in [-0.2, 0) is 12.8 Å². The van der Waals surface area contributed by atoms with Gasteiger partial charge < -0.3 is 5.11 Å². The number of fused-ring (bicyclic) bond motifs is 1. The number of aliphatic imine (C=N–C) groups is 1. The Morgan fingerprint density at radius 3 is 2.57 bits per heavy atom. The highest BCUT2D eigenvalue weighted by molar-refractivity contribution is 7.16. The third-order valence-electron chi connectivity index (χ3n) is 5.42. The van der Waals surface area contributed by atoms with E-state index in [0.717, 1.165) is 42.0 Å². The molecule has 10 heteroatoms. The van der Waals surface area contributed by atoms with E-state index in [9.17, 15) is 30.6 Å². The summed E-state index contributed by atoms with van der Waals surface area (Å²) in [6, 6.07) is 3.90. The summed E-state index contributed by atoms with van der Waals surface area (Å²) < 4.78 is 0. The molecule has 1 aliphatic rings. The van der Waals surface area contributed by atoms with Gasteiger partial charge in [-0.2, -0.15) is 5.26 Å². The second kappa shape index (κ2) is 7.84. The van der Waals surface area contributed by atoms with Gasteiger partial charge in [-0.05, 0) is 36.2 Å². The number of thiophene rings is 1. The number of benzene rings is 1. The number of phenols is 1. The van der Waals surface area contributed by atoms with E-state index in [0.29, 0.717) is 22.5 Å². The number of hydrogen-bond acceptors (Lipinski definition) is 8. The van der Waals surface area contributed by atoms with Gasteiger partial charge in [-0.25, -0.2) is 4.99 Å². The molecule has 0 unspecified atom stereocenters. The van der Waals surface area contributed by atoms with E-state index in [1.165, 1.54) is 11.3 Å². The average Bonchev–Trinajstić information content (AvgIpc) is 3.02. The fourth-order valence-electron chi connectivity index (χ4n) is 3.61.